The van der Waals surface area contributed by atoms with Crippen LogP contribution in [0.5, 0.6) is 0 Å². The third kappa shape index (κ3) is 2.94. The maximum absolute atomic E-state index is 12.2. The first-order valence-corrected chi connectivity index (χ1v) is 6.37. The molecule has 106 valence electrons. The number of nitrogen functional groups attached to an aromatic ring is 1. The summed E-state index contributed by atoms with van der Waals surface area (Å²) in [6.45, 7) is 5.01. The molecule has 0 saturated heterocycles. The van der Waals surface area contributed by atoms with Gasteiger partial charge in [-0.15, -0.1) is 10.2 Å². The van der Waals surface area contributed by atoms with Crippen LogP contribution < -0.4 is 16.6 Å². The Labute approximate surface area is 117 Å². The first kappa shape index (κ1) is 14.0. The molecule has 0 radical (unpaired) electrons. The Hall–Kier alpha value is -2.41. The third-order valence-electron chi connectivity index (χ3n) is 3.02. The van der Waals surface area contributed by atoms with E-state index >= 15 is 0 Å². The number of nitrogens with zero attached hydrogens (tertiary/aromatic N) is 3. The predicted octanol–water partition coefficient (Wildman–Crippen LogP) is 0.822. The second-order valence-corrected chi connectivity index (χ2v) is 4.41. The quantitative estimate of drug-likeness (QED) is 0.554. The lowest BCUT2D eigenvalue weighted by atomic mass is 10.1. The molecule has 2 aromatic rings. The maximum Gasteiger partial charge on any atom is 0.253 e. The molecule has 1 aromatic heterocycles. The lowest BCUT2D eigenvalue weighted by molar-refractivity contribution is 0.0950. The van der Waals surface area contributed by atoms with Crippen molar-refractivity contribution < 1.29 is 4.79 Å². The number of carbonyl (C=O) groups is 1. The highest BCUT2D eigenvalue weighted by atomic mass is 16.1. The van der Waals surface area contributed by atoms with E-state index in [2.05, 4.69) is 20.9 Å². The van der Waals surface area contributed by atoms with Crippen LogP contribution in [0.15, 0.2) is 24.5 Å². The SMILES string of the molecule is CCn1cnnc1CNC(=O)c1ccc(C)cc1NN. The van der Waals surface area contributed by atoms with Crippen molar-refractivity contribution in [2.45, 2.75) is 26.9 Å². The summed E-state index contributed by atoms with van der Waals surface area (Å²) in [6.07, 6.45) is 1.64. The molecule has 0 unspecified atom stereocenters. The molecule has 0 atom stereocenters. The zero-order valence-corrected chi connectivity index (χ0v) is 11.6. The molecule has 0 spiro atoms. The lowest BCUT2D eigenvalue weighted by Crippen LogP contribution is -2.26. The molecule has 1 amide bonds. The number of carbonyl (C=O) groups excluding carboxylic acids is 1. The maximum atomic E-state index is 12.2. The summed E-state index contributed by atoms with van der Waals surface area (Å²) < 4.78 is 1.87. The zero-order valence-electron chi connectivity index (χ0n) is 11.6. The smallest absolute Gasteiger partial charge is 0.253 e. The minimum absolute atomic E-state index is 0.205. The topological polar surface area (TPSA) is 97.9 Å². The molecule has 7 heteroatoms. The van der Waals surface area contributed by atoms with Crippen molar-refractivity contribution in [2.75, 3.05) is 5.43 Å². The number of nitrogens with two attached hydrogens (primary N) is 1. The van der Waals surface area contributed by atoms with Crippen molar-refractivity contribution in [3.05, 3.63) is 41.5 Å². The van der Waals surface area contributed by atoms with Crippen LogP contribution in [0.25, 0.3) is 0 Å². The van der Waals surface area contributed by atoms with E-state index in [0.29, 0.717) is 17.8 Å². The molecule has 1 heterocycles. The average molecular weight is 274 g/mol. The van der Waals surface area contributed by atoms with Crippen LogP contribution >= 0.6 is 0 Å². The van der Waals surface area contributed by atoms with E-state index in [9.17, 15) is 4.79 Å². The van der Waals surface area contributed by atoms with Gasteiger partial charge in [-0.25, -0.2) is 0 Å². The molecule has 0 aliphatic carbocycles. The molecule has 0 aliphatic heterocycles. The Kier molecular flexibility index (Phi) is 4.31. The fourth-order valence-corrected chi connectivity index (χ4v) is 1.91. The first-order chi connectivity index (χ1) is 9.65. The van der Waals surface area contributed by atoms with Gasteiger partial charge in [-0.1, -0.05) is 6.07 Å². The molecule has 1 aromatic carbocycles. The van der Waals surface area contributed by atoms with Crippen LogP contribution in [0, 0.1) is 6.92 Å². The van der Waals surface area contributed by atoms with Crippen molar-refractivity contribution in [3.63, 3.8) is 0 Å². The van der Waals surface area contributed by atoms with E-state index in [1.165, 1.54) is 0 Å². The Morgan fingerprint density at radius 2 is 2.25 bits per heavy atom. The standard InChI is InChI=1S/C13H18N6O/c1-3-19-8-16-18-12(19)7-15-13(20)10-5-4-9(2)6-11(10)17-14/h4-6,8,17H,3,7,14H2,1-2H3,(H,15,20). The molecule has 0 bridgehead atoms. The van der Waals surface area contributed by atoms with E-state index in [1.807, 2.05) is 30.5 Å². The average Bonchev–Trinajstić information content (AvgIpc) is 2.92. The minimum atomic E-state index is -0.205. The van der Waals surface area contributed by atoms with Crippen molar-refractivity contribution in [3.8, 4) is 0 Å². The van der Waals surface area contributed by atoms with Gasteiger partial charge < -0.3 is 15.3 Å². The Bertz CT molecular complexity index is 607. The summed E-state index contributed by atoms with van der Waals surface area (Å²) in [6, 6.07) is 5.43. The Morgan fingerprint density at radius 3 is 2.95 bits per heavy atom. The van der Waals surface area contributed by atoms with Gasteiger partial charge in [0, 0.05) is 6.54 Å². The van der Waals surface area contributed by atoms with E-state index in [1.54, 1.807) is 12.4 Å². The van der Waals surface area contributed by atoms with Gasteiger partial charge in [0.1, 0.15) is 6.33 Å². The number of aromatic nitrogens is 3. The normalized spacial score (nSPS) is 10.3. The van der Waals surface area contributed by atoms with Gasteiger partial charge in [-0.2, -0.15) is 0 Å². The van der Waals surface area contributed by atoms with Crippen LogP contribution in [-0.4, -0.2) is 20.7 Å². The fraction of sp³-hybridized carbons (Fsp3) is 0.308. The summed E-state index contributed by atoms with van der Waals surface area (Å²) in [4.78, 5) is 12.2. The molecule has 0 aliphatic rings. The molecule has 0 fully saturated rings. The van der Waals surface area contributed by atoms with Crippen molar-refractivity contribution in [1.29, 1.82) is 0 Å². The number of aryl methyl sites for hydroxylation is 2. The Morgan fingerprint density at radius 1 is 1.45 bits per heavy atom. The number of rotatable bonds is 5. The van der Waals surface area contributed by atoms with E-state index < -0.39 is 0 Å². The number of anilines is 1. The molecule has 4 N–H and O–H groups in total. The van der Waals surface area contributed by atoms with E-state index in [-0.39, 0.29) is 5.91 Å². The summed E-state index contributed by atoms with van der Waals surface area (Å²) in [7, 11) is 0. The summed E-state index contributed by atoms with van der Waals surface area (Å²) in [5.74, 6) is 5.95. The fourth-order valence-electron chi connectivity index (χ4n) is 1.91. The summed E-state index contributed by atoms with van der Waals surface area (Å²) in [5.41, 5.74) is 4.66. The molecule has 20 heavy (non-hydrogen) atoms. The van der Waals surface area contributed by atoms with Crippen molar-refractivity contribution in [1.82, 2.24) is 20.1 Å². The molecule has 2 rings (SSSR count). The highest BCUT2D eigenvalue weighted by Crippen LogP contribution is 2.16. The van der Waals surface area contributed by atoms with Gasteiger partial charge >= 0.3 is 0 Å². The third-order valence-corrected chi connectivity index (χ3v) is 3.02. The van der Waals surface area contributed by atoms with Crippen LogP contribution in [0.4, 0.5) is 5.69 Å². The zero-order chi connectivity index (χ0) is 14.5. The second kappa shape index (κ2) is 6.16. The van der Waals surface area contributed by atoms with E-state index in [0.717, 1.165) is 17.9 Å². The minimum Gasteiger partial charge on any atom is -0.345 e. The number of hydrazine groups is 1. The van der Waals surface area contributed by atoms with Gasteiger partial charge in [0.25, 0.3) is 5.91 Å². The lowest BCUT2D eigenvalue weighted by Gasteiger charge is -2.10. The monoisotopic (exact) mass is 274 g/mol. The van der Waals surface area contributed by atoms with Gasteiger partial charge in [-0.05, 0) is 31.5 Å². The van der Waals surface area contributed by atoms with E-state index in [4.69, 9.17) is 5.84 Å². The summed E-state index contributed by atoms with van der Waals surface area (Å²) in [5, 5.41) is 10.6. The van der Waals surface area contributed by atoms with Crippen molar-refractivity contribution in [2.24, 2.45) is 5.84 Å². The van der Waals surface area contributed by atoms with Crippen molar-refractivity contribution >= 4 is 11.6 Å². The number of hydrogen-bond acceptors (Lipinski definition) is 5. The molecular weight excluding hydrogens is 256 g/mol. The van der Waals surface area contributed by atoms with Gasteiger partial charge in [0.15, 0.2) is 5.82 Å². The molecule has 0 saturated carbocycles. The first-order valence-electron chi connectivity index (χ1n) is 6.37. The van der Waals surface area contributed by atoms with Crippen LogP contribution in [0.1, 0.15) is 28.7 Å². The number of benzene rings is 1. The van der Waals surface area contributed by atoms with Gasteiger partial charge in [0.2, 0.25) is 0 Å². The second-order valence-electron chi connectivity index (χ2n) is 4.41. The number of hydrogen-bond donors (Lipinski definition) is 3. The number of amides is 1. The van der Waals surface area contributed by atoms with Gasteiger partial charge in [-0.3, -0.25) is 10.6 Å². The highest BCUT2D eigenvalue weighted by Gasteiger charge is 2.12. The summed E-state index contributed by atoms with van der Waals surface area (Å²) >= 11 is 0. The largest absolute Gasteiger partial charge is 0.345 e. The number of nitrogens with one attached hydrogen (secondary N) is 2. The molecular formula is C13H18N6O. The highest BCUT2D eigenvalue weighted by molar-refractivity contribution is 5.99. The van der Waals surface area contributed by atoms with Crippen LogP contribution in [-0.2, 0) is 13.1 Å². The van der Waals surface area contributed by atoms with Crippen LogP contribution in [0.2, 0.25) is 0 Å². The van der Waals surface area contributed by atoms with Gasteiger partial charge in [0.05, 0.1) is 17.8 Å². The predicted molar refractivity (Wildman–Crippen MR) is 75.9 cm³/mol. The molecule has 7 nitrogen and oxygen atoms in total. The van der Waals surface area contributed by atoms with Crippen LogP contribution in [0.3, 0.4) is 0 Å². The Balaban J connectivity index is 2.09.